The maximum absolute atomic E-state index is 13.3. The van der Waals surface area contributed by atoms with Gasteiger partial charge in [0.05, 0.1) is 16.2 Å². The van der Waals surface area contributed by atoms with Gasteiger partial charge < -0.3 is 0 Å². The zero-order valence-corrected chi connectivity index (χ0v) is 12.8. The Bertz CT molecular complexity index is 589. The Morgan fingerprint density at radius 3 is 2.85 bits per heavy atom. The summed E-state index contributed by atoms with van der Waals surface area (Å²) in [5.41, 5.74) is 5.90. The molecule has 1 heterocycles. The first-order valence-corrected chi connectivity index (χ1v) is 7.28. The number of hydrazine groups is 1. The summed E-state index contributed by atoms with van der Waals surface area (Å²) in [6, 6.07) is 8.86. The number of nitrogens with zero attached hydrogens (tertiary/aromatic N) is 1. The molecular formula is C15H17BrFN3. The number of hydrogen-bond acceptors (Lipinski definition) is 3. The normalized spacial score (nSPS) is 12.4. The fourth-order valence-corrected chi connectivity index (χ4v) is 2.63. The van der Waals surface area contributed by atoms with Crippen LogP contribution in [0.3, 0.4) is 0 Å². The van der Waals surface area contributed by atoms with E-state index in [9.17, 15) is 4.39 Å². The van der Waals surface area contributed by atoms with Gasteiger partial charge in [-0.3, -0.25) is 16.3 Å². The number of aryl methyl sites for hydroxylation is 1. The predicted octanol–water partition coefficient (Wildman–Crippen LogP) is 3.29. The molecule has 1 aromatic carbocycles. The van der Waals surface area contributed by atoms with Crippen LogP contribution >= 0.6 is 15.9 Å². The largest absolute Gasteiger partial charge is 0.271 e. The van der Waals surface area contributed by atoms with Gasteiger partial charge >= 0.3 is 0 Å². The zero-order chi connectivity index (χ0) is 14.5. The van der Waals surface area contributed by atoms with Crippen LogP contribution in [0.15, 0.2) is 41.0 Å². The van der Waals surface area contributed by atoms with Crippen LogP contribution in [-0.2, 0) is 12.8 Å². The lowest BCUT2D eigenvalue weighted by Crippen LogP contribution is -2.31. The SMILES string of the molecule is CCc1cccnc1C(Cc1ccc(F)c(Br)c1)NN. The third-order valence-corrected chi connectivity index (χ3v) is 3.87. The number of aromatic nitrogens is 1. The van der Waals surface area contributed by atoms with Gasteiger partial charge in [0.25, 0.3) is 0 Å². The minimum Gasteiger partial charge on any atom is -0.271 e. The van der Waals surface area contributed by atoms with Crippen molar-refractivity contribution in [3.8, 4) is 0 Å². The Morgan fingerprint density at radius 2 is 2.20 bits per heavy atom. The van der Waals surface area contributed by atoms with Crippen LogP contribution in [0, 0.1) is 5.82 Å². The molecule has 0 bridgehead atoms. The number of pyridine rings is 1. The van der Waals surface area contributed by atoms with E-state index in [0.29, 0.717) is 10.9 Å². The lowest BCUT2D eigenvalue weighted by Gasteiger charge is -2.18. The summed E-state index contributed by atoms with van der Waals surface area (Å²) in [6.07, 6.45) is 3.31. The van der Waals surface area contributed by atoms with Crippen molar-refractivity contribution >= 4 is 15.9 Å². The highest BCUT2D eigenvalue weighted by Crippen LogP contribution is 2.23. The number of nitrogens with two attached hydrogens (primary N) is 1. The van der Waals surface area contributed by atoms with Gasteiger partial charge in [-0.25, -0.2) is 4.39 Å². The molecule has 0 aliphatic heterocycles. The van der Waals surface area contributed by atoms with Crippen LogP contribution < -0.4 is 11.3 Å². The summed E-state index contributed by atoms with van der Waals surface area (Å²) < 4.78 is 13.7. The quantitative estimate of drug-likeness (QED) is 0.650. The highest BCUT2D eigenvalue weighted by atomic mass is 79.9. The average molecular weight is 338 g/mol. The second-order valence-electron chi connectivity index (χ2n) is 4.57. The summed E-state index contributed by atoms with van der Waals surface area (Å²) in [5, 5.41) is 0. The van der Waals surface area contributed by atoms with Gasteiger partial charge in [0, 0.05) is 6.20 Å². The number of hydrogen-bond donors (Lipinski definition) is 2. The lowest BCUT2D eigenvalue weighted by atomic mass is 9.99. The van der Waals surface area contributed by atoms with E-state index in [1.807, 2.05) is 12.1 Å². The zero-order valence-electron chi connectivity index (χ0n) is 11.2. The standard InChI is InChI=1S/C15H17BrFN3/c1-2-11-4-3-7-19-15(11)14(20-18)9-10-5-6-13(17)12(16)8-10/h3-8,14,20H,2,9,18H2,1H3. The molecule has 1 aromatic heterocycles. The molecule has 1 atom stereocenters. The van der Waals surface area contributed by atoms with Crippen LogP contribution in [0.2, 0.25) is 0 Å². The summed E-state index contributed by atoms with van der Waals surface area (Å²) in [5.74, 6) is 5.40. The third-order valence-electron chi connectivity index (χ3n) is 3.26. The van der Waals surface area contributed by atoms with Crippen molar-refractivity contribution in [2.75, 3.05) is 0 Å². The topological polar surface area (TPSA) is 50.9 Å². The van der Waals surface area contributed by atoms with E-state index in [2.05, 4.69) is 33.3 Å². The first kappa shape index (κ1) is 15.1. The Labute approximate surface area is 126 Å². The van der Waals surface area contributed by atoms with E-state index in [0.717, 1.165) is 23.2 Å². The maximum Gasteiger partial charge on any atom is 0.137 e. The smallest absolute Gasteiger partial charge is 0.137 e. The number of halogens is 2. The van der Waals surface area contributed by atoms with Gasteiger partial charge in [0.1, 0.15) is 5.82 Å². The van der Waals surface area contributed by atoms with Crippen molar-refractivity contribution in [2.24, 2.45) is 5.84 Å². The van der Waals surface area contributed by atoms with E-state index in [1.54, 1.807) is 18.3 Å². The van der Waals surface area contributed by atoms with E-state index >= 15 is 0 Å². The van der Waals surface area contributed by atoms with E-state index in [4.69, 9.17) is 5.84 Å². The number of rotatable bonds is 5. The Balaban J connectivity index is 2.26. The molecule has 5 heteroatoms. The number of benzene rings is 1. The highest BCUT2D eigenvalue weighted by molar-refractivity contribution is 9.10. The molecule has 106 valence electrons. The molecule has 3 N–H and O–H groups in total. The van der Waals surface area contributed by atoms with Crippen molar-refractivity contribution in [2.45, 2.75) is 25.8 Å². The summed E-state index contributed by atoms with van der Waals surface area (Å²) in [6.45, 7) is 2.09. The van der Waals surface area contributed by atoms with Gasteiger partial charge in [-0.05, 0) is 58.1 Å². The van der Waals surface area contributed by atoms with Gasteiger partial charge in [0.15, 0.2) is 0 Å². The molecule has 0 aliphatic rings. The molecule has 2 rings (SSSR count). The maximum atomic E-state index is 13.3. The second kappa shape index (κ2) is 6.92. The molecule has 0 amide bonds. The molecular weight excluding hydrogens is 321 g/mol. The van der Waals surface area contributed by atoms with E-state index in [1.165, 1.54) is 6.07 Å². The summed E-state index contributed by atoms with van der Waals surface area (Å²) >= 11 is 3.20. The summed E-state index contributed by atoms with van der Waals surface area (Å²) in [7, 11) is 0. The third kappa shape index (κ3) is 3.42. The van der Waals surface area contributed by atoms with Crippen LogP contribution in [0.1, 0.15) is 29.8 Å². The van der Waals surface area contributed by atoms with Crippen molar-refractivity contribution < 1.29 is 4.39 Å². The lowest BCUT2D eigenvalue weighted by molar-refractivity contribution is 0.532. The van der Waals surface area contributed by atoms with E-state index in [-0.39, 0.29) is 11.9 Å². The van der Waals surface area contributed by atoms with Crippen molar-refractivity contribution in [3.05, 3.63) is 63.6 Å². The molecule has 20 heavy (non-hydrogen) atoms. The first-order chi connectivity index (χ1) is 9.65. The van der Waals surface area contributed by atoms with Gasteiger partial charge in [-0.15, -0.1) is 0 Å². The molecule has 2 aromatic rings. The Kier molecular flexibility index (Phi) is 5.23. The molecule has 0 fully saturated rings. The Morgan fingerprint density at radius 1 is 1.40 bits per heavy atom. The number of nitrogens with one attached hydrogen (secondary N) is 1. The molecule has 0 aliphatic carbocycles. The van der Waals surface area contributed by atoms with Crippen LogP contribution in [-0.4, -0.2) is 4.98 Å². The van der Waals surface area contributed by atoms with Crippen LogP contribution in [0.4, 0.5) is 4.39 Å². The molecule has 3 nitrogen and oxygen atoms in total. The monoisotopic (exact) mass is 337 g/mol. The Hall–Kier alpha value is -1.30. The predicted molar refractivity (Wildman–Crippen MR) is 81.5 cm³/mol. The minimum absolute atomic E-state index is 0.0940. The first-order valence-electron chi connectivity index (χ1n) is 6.49. The van der Waals surface area contributed by atoms with Gasteiger partial charge in [-0.2, -0.15) is 0 Å². The van der Waals surface area contributed by atoms with Crippen molar-refractivity contribution in [1.29, 1.82) is 0 Å². The average Bonchev–Trinajstić information content (AvgIpc) is 2.48. The van der Waals surface area contributed by atoms with Gasteiger partial charge in [-0.1, -0.05) is 19.1 Å². The van der Waals surface area contributed by atoms with Crippen LogP contribution in [0.5, 0.6) is 0 Å². The second-order valence-corrected chi connectivity index (χ2v) is 5.43. The molecule has 0 saturated carbocycles. The fraction of sp³-hybridized carbons (Fsp3) is 0.267. The fourth-order valence-electron chi connectivity index (χ4n) is 2.20. The van der Waals surface area contributed by atoms with Crippen molar-refractivity contribution in [1.82, 2.24) is 10.4 Å². The minimum atomic E-state index is -0.266. The van der Waals surface area contributed by atoms with Gasteiger partial charge in [0.2, 0.25) is 0 Å². The summed E-state index contributed by atoms with van der Waals surface area (Å²) in [4.78, 5) is 4.43. The molecule has 1 unspecified atom stereocenters. The highest BCUT2D eigenvalue weighted by Gasteiger charge is 2.15. The van der Waals surface area contributed by atoms with Crippen LogP contribution in [0.25, 0.3) is 0 Å². The van der Waals surface area contributed by atoms with Crippen molar-refractivity contribution in [3.63, 3.8) is 0 Å². The molecule has 0 radical (unpaired) electrons. The molecule has 0 spiro atoms. The van der Waals surface area contributed by atoms with E-state index < -0.39 is 0 Å². The molecule has 0 saturated heterocycles.